The molecule has 0 aromatic rings. The van der Waals surface area contributed by atoms with Gasteiger partial charge in [-0.3, -0.25) is 4.79 Å². The van der Waals surface area contributed by atoms with E-state index in [2.05, 4.69) is 0 Å². The second-order valence-electron chi connectivity index (χ2n) is 4.35. The van der Waals surface area contributed by atoms with E-state index in [0.29, 0.717) is 13.0 Å². The summed E-state index contributed by atoms with van der Waals surface area (Å²) in [6.07, 6.45) is -0.365. The number of hydrogen-bond donors (Lipinski definition) is 2. The molecule has 1 saturated heterocycles. The minimum atomic E-state index is -0.488. The molecule has 0 aromatic heterocycles. The number of aliphatic hydroxyl groups is 2. The molecular weight excluding hydrogens is 172 g/mol. The van der Waals surface area contributed by atoms with E-state index in [0.717, 1.165) is 0 Å². The molecule has 3 rings (SSSR count). The summed E-state index contributed by atoms with van der Waals surface area (Å²) in [7, 11) is 0. The van der Waals surface area contributed by atoms with Crippen LogP contribution in [0.5, 0.6) is 0 Å². The maximum Gasteiger partial charge on any atom is 0.309 e. The van der Waals surface area contributed by atoms with Crippen LogP contribution in [0.25, 0.3) is 0 Å². The average Bonchev–Trinajstić information content (AvgIpc) is 2.64. The van der Waals surface area contributed by atoms with E-state index < -0.39 is 12.2 Å². The molecule has 4 nitrogen and oxygen atoms in total. The summed E-state index contributed by atoms with van der Waals surface area (Å²) in [6, 6.07) is 0. The van der Waals surface area contributed by atoms with Crippen LogP contribution < -0.4 is 0 Å². The second-order valence-corrected chi connectivity index (χ2v) is 4.35. The van der Waals surface area contributed by atoms with Crippen LogP contribution in [0.3, 0.4) is 0 Å². The summed E-state index contributed by atoms with van der Waals surface area (Å²) in [5.74, 6) is -0.426. The Morgan fingerprint density at radius 3 is 2.85 bits per heavy atom. The lowest BCUT2D eigenvalue weighted by Crippen LogP contribution is -2.31. The van der Waals surface area contributed by atoms with Crippen LogP contribution in [0.4, 0.5) is 0 Å². The molecule has 0 spiro atoms. The van der Waals surface area contributed by atoms with E-state index in [1.54, 1.807) is 0 Å². The Labute approximate surface area is 75.5 Å². The highest BCUT2D eigenvalue weighted by atomic mass is 16.5. The van der Waals surface area contributed by atoms with Crippen molar-refractivity contribution in [1.29, 1.82) is 0 Å². The fourth-order valence-corrected chi connectivity index (χ4v) is 3.38. The third-order valence-electron chi connectivity index (χ3n) is 3.90. The normalized spacial score (nSPS) is 58.2. The van der Waals surface area contributed by atoms with Crippen LogP contribution in [0.1, 0.15) is 6.42 Å². The zero-order chi connectivity index (χ0) is 9.16. The van der Waals surface area contributed by atoms with Gasteiger partial charge < -0.3 is 14.9 Å². The van der Waals surface area contributed by atoms with Gasteiger partial charge >= 0.3 is 5.97 Å². The van der Waals surface area contributed by atoms with Crippen LogP contribution >= 0.6 is 0 Å². The van der Waals surface area contributed by atoms with Crippen molar-refractivity contribution in [3.8, 4) is 0 Å². The first kappa shape index (κ1) is 7.76. The summed E-state index contributed by atoms with van der Waals surface area (Å²) in [5.41, 5.74) is 0. The number of ether oxygens (including phenoxy) is 1. The van der Waals surface area contributed by atoms with Gasteiger partial charge in [0.25, 0.3) is 0 Å². The monoisotopic (exact) mass is 184 g/mol. The van der Waals surface area contributed by atoms with Crippen molar-refractivity contribution in [2.75, 3.05) is 6.61 Å². The van der Waals surface area contributed by atoms with Gasteiger partial charge in [-0.2, -0.15) is 0 Å². The number of carbonyl (C=O) groups excluding carboxylic acids is 1. The number of hydrogen-bond acceptors (Lipinski definition) is 4. The van der Waals surface area contributed by atoms with Crippen molar-refractivity contribution in [1.82, 2.24) is 0 Å². The van der Waals surface area contributed by atoms with Gasteiger partial charge in [0.05, 0.1) is 24.7 Å². The first-order valence-electron chi connectivity index (χ1n) is 4.73. The summed E-state index contributed by atoms with van der Waals surface area (Å²) in [4.78, 5) is 11.3. The number of esters is 1. The van der Waals surface area contributed by atoms with Crippen LogP contribution in [0.15, 0.2) is 0 Å². The quantitative estimate of drug-likeness (QED) is 0.481. The summed E-state index contributed by atoms with van der Waals surface area (Å²) >= 11 is 0. The maximum absolute atomic E-state index is 11.3. The van der Waals surface area contributed by atoms with Crippen LogP contribution in [-0.4, -0.2) is 35.0 Å². The van der Waals surface area contributed by atoms with E-state index in [1.807, 2.05) is 0 Å². The van der Waals surface area contributed by atoms with Gasteiger partial charge in [0.15, 0.2) is 0 Å². The molecular formula is C9H12O4. The third-order valence-corrected chi connectivity index (χ3v) is 3.90. The Balaban J connectivity index is 1.98. The lowest BCUT2D eigenvalue weighted by atomic mass is 9.80. The number of fused-ring (bicyclic) bond motifs is 5. The van der Waals surface area contributed by atoms with Crippen LogP contribution in [0, 0.1) is 23.7 Å². The Kier molecular flexibility index (Phi) is 1.34. The first-order valence-corrected chi connectivity index (χ1v) is 4.73. The number of carbonyl (C=O) groups is 1. The van der Waals surface area contributed by atoms with Crippen LogP contribution in [0.2, 0.25) is 0 Å². The summed E-state index contributed by atoms with van der Waals surface area (Å²) in [6.45, 7) is 0.388. The molecule has 0 aromatic carbocycles. The number of rotatable bonds is 0. The van der Waals surface area contributed by atoms with Gasteiger partial charge in [0.2, 0.25) is 0 Å². The maximum atomic E-state index is 11.3. The predicted octanol–water partition coefficient (Wildman–Crippen LogP) is -0.853. The van der Waals surface area contributed by atoms with Gasteiger partial charge in [-0.1, -0.05) is 0 Å². The Morgan fingerprint density at radius 2 is 2.08 bits per heavy atom. The summed E-state index contributed by atoms with van der Waals surface area (Å²) < 4.78 is 4.94. The standard InChI is InChI=1S/C9H12O4/c10-5-1-3-6-4(2-13-9(6)12)7(5)8(3)11/h3-8,10-11H,1-2H2/t3-,4+,5-,6+,7-,8-/m0/s1. The van der Waals surface area contributed by atoms with E-state index in [1.165, 1.54) is 0 Å². The molecule has 1 heterocycles. The largest absolute Gasteiger partial charge is 0.465 e. The topological polar surface area (TPSA) is 66.8 Å². The van der Waals surface area contributed by atoms with E-state index in [4.69, 9.17) is 4.74 Å². The van der Waals surface area contributed by atoms with E-state index in [9.17, 15) is 15.0 Å². The molecule has 72 valence electrons. The van der Waals surface area contributed by atoms with Crippen molar-refractivity contribution in [3.05, 3.63) is 0 Å². The molecule has 2 N–H and O–H groups in total. The van der Waals surface area contributed by atoms with Crippen molar-refractivity contribution < 1.29 is 19.7 Å². The van der Waals surface area contributed by atoms with Gasteiger partial charge in [-0.15, -0.1) is 0 Å². The molecule has 1 aliphatic heterocycles. The fourth-order valence-electron chi connectivity index (χ4n) is 3.38. The molecule has 3 fully saturated rings. The van der Waals surface area contributed by atoms with Gasteiger partial charge in [-0.25, -0.2) is 0 Å². The highest BCUT2D eigenvalue weighted by Gasteiger charge is 2.63. The molecule has 13 heavy (non-hydrogen) atoms. The minimum Gasteiger partial charge on any atom is -0.465 e. The first-order chi connectivity index (χ1) is 6.20. The highest BCUT2D eigenvalue weighted by Crippen LogP contribution is 2.55. The Morgan fingerprint density at radius 1 is 1.31 bits per heavy atom. The molecule has 0 amide bonds. The lowest BCUT2D eigenvalue weighted by molar-refractivity contribution is -0.143. The van der Waals surface area contributed by atoms with Crippen molar-refractivity contribution >= 4 is 5.97 Å². The zero-order valence-corrected chi connectivity index (χ0v) is 7.09. The molecule has 2 aliphatic carbocycles. The average molecular weight is 184 g/mol. The Hall–Kier alpha value is -0.610. The second kappa shape index (κ2) is 2.25. The molecule has 0 radical (unpaired) electrons. The SMILES string of the molecule is O=C1OC[C@@H]2[C@H]1[C@@H]1C[C@H](O)[C@H]2[C@H]1O. The van der Waals surface area contributed by atoms with Crippen molar-refractivity contribution in [2.24, 2.45) is 23.7 Å². The fraction of sp³-hybridized carbons (Fsp3) is 0.889. The third kappa shape index (κ3) is 0.758. The minimum absolute atomic E-state index is 0.0556. The highest BCUT2D eigenvalue weighted by molar-refractivity contribution is 5.76. The van der Waals surface area contributed by atoms with E-state index >= 15 is 0 Å². The van der Waals surface area contributed by atoms with Gasteiger partial charge in [-0.05, 0) is 6.42 Å². The van der Waals surface area contributed by atoms with Crippen molar-refractivity contribution in [2.45, 2.75) is 18.6 Å². The number of cyclic esters (lactones) is 1. The zero-order valence-electron chi connectivity index (χ0n) is 7.09. The number of aliphatic hydroxyl groups excluding tert-OH is 2. The molecule has 6 atom stereocenters. The van der Waals surface area contributed by atoms with E-state index in [-0.39, 0.29) is 29.6 Å². The van der Waals surface area contributed by atoms with Crippen molar-refractivity contribution in [3.63, 3.8) is 0 Å². The van der Waals surface area contributed by atoms with Gasteiger partial charge in [0, 0.05) is 17.8 Å². The molecule has 2 saturated carbocycles. The molecule has 2 bridgehead atoms. The van der Waals surface area contributed by atoms with Gasteiger partial charge in [0.1, 0.15) is 0 Å². The molecule has 3 aliphatic rings. The summed E-state index contributed by atoms with van der Waals surface area (Å²) in [5, 5.41) is 19.4. The predicted molar refractivity (Wildman–Crippen MR) is 41.5 cm³/mol. The van der Waals surface area contributed by atoms with Crippen LogP contribution in [-0.2, 0) is 9.53 Å². The molecule has 4 heteroatoms. The molecule has 0 unspecified atom stereocenters. The smallest absolute Gasteiger partial charge is 0.309 e. The Bertz CT molecular complexity index is 262. The lowest BCUT2D eigenvalue weighted by Gasteiger charge is -2.23.